The van der Waals surface area contributed by atoms with Gasteiger partial charge in [-0.05, 0) is 33.2 Å². The minimum Gasteiger partial charge on any atom is -0.444 e. The number of hydrogen-bond donors (Lipinski definition) is 1. The van der Waals surface area contributed by atoms with Gasteiger partial charge in [-0.15, -0.1) is 0 Å². The molecule has 0 amide bonds. The number of ether oxygens (including phenoxy) is 1. The van der Waals surface area contributed by atoms with Crippen LogP contribution in [0.3, 0.4) is 0 Å². The second-order valence-electron chi connectivity index (χ2n) is 4.25. The Labute approximate surface area is 104 Å². The number of aromatic nitrogens is 1. The summed E-state index contributed by atoms with van der Waals surface area (Å²) in [5.41, 5.74) is 0.977. The molecule has 0 saturated carbocycles. The molecule has 0 fully saturated rings. The molecule has 1 N–H and O–H groups in total. The smallest absolute Gasteiger partial charge is 0.208 e. The van der Waals surface area contributed by atoms with Crippen LogP contribution in [-0.2, 0) is 11.3 Å². The number of hydrogen-bond acceptors (Lipinski definition) is 4. The molecule has 0 aliphatic rings. The van der Waals surface area contributed by atoms with Crippen molar-refractivity contribution in [1.29, 1.82) is 0 Å². The van der Waals surface area contributed by atoms with E-state index in [0.717, 1.165) is 49.9 Å². The topological polar surface area (TPSA) is 47.3 Å². The van der Waals surface area contributed by atoms with Gasteiger partial charge in [-0.1, -0.05) is 13.3 Å². The van der Waals surface area contributed by atoms with E-state index in [1.807, 2.05) is 13.8 Å². The molecule has 1 heterocycles. The van der Waals surface area contributed by atoms with Crippen molar-refractivity contribution >= 4 is 0 Å². The molecule has 0 aromatic carbocycles. The van der Waals surface area contributed by atoms with Crippen LogP contribution in [0, 0.1) is 13.8 Å². The lowest BCUT2D eigenvalue weighted by molar-refractivity contribution is 0.128. The second kappa shape index (κ2) is 8.25. The van der Waals surface area contributed by atoms with E-state index in [0.29, 0.717) is 6.54 Å². The highest BCUT2D eigenvalue weighted by Gasteiger charge is 2.03. The zero-order chi connectivity index (χ0) is 12.5. The molecule has 1 aromatic rings. The fourth-order valence-electron chi connectivity index (χ4n) is 1.46. The average molecular weight is 240 g/mol. The van der Waals surface area contributed by atoms with Gasteiger partial charge in [-0.2, -0.15) is 0 Å². The Morgan fingerprint density at radius 2 is 2.00 bits per heavy atom. The van der Waals surface area contributed by atoms with Gasteiger partial charge in [0.05, 0.1) is 12.2 Å². The quantitative estimate of drug-likeness (QED) is 0.674. The number of rotatable bonds is 9. The van der Waals surface area contributed by atoms with Crippen molar-refractivity contribution < 1.29 is 9.15 Å². The van der Waals surface area contributed by atoms with Crippen LogP contribution in [0.4, 0.5) is 0 Å². The van der Waals surface area contributed by atoms with Crippen molar-refractivity contribution in [2.24, 2.45) is 0 Å². The van der Waals surface area contributed by atoms with Gasteiger partial charge in [0.1, 0.15) is 5.76 Å². The van der Waals surface area contributed by atoms with Gasteiger partial charge in [0, 0.05) is 13.2 Å². The van der Waals surface area contributed by atoms with Gasteiger partial charge in [-0.3, -0.25) is 0 Å². The maximum atomic E-state index is 5.47. The highest BCUT2D eigenvalue weighted by atomic mass is 16.5. The van der Waals surface area contributed by atoms with Gasteiger partial charge in [0.25, 0.3) is 0 Å². The monoisotopic (exact) mass is 240 g/mol. The van der Waals surface area contributed by atoms with Crippen molar-refractivity contribution in [2.45, 2.75) is 46.6 Å². The van der Waals surface area contributed by atoms with Crippen LogP contribution < -0.4 is 5.32 Å². The van der Waals surface area contributed by atoms with Crippen molar-refractivity contribution in [1.82, 2.24) is 10.3 Å². The lowest BCUT2D eigenvalue weighted by atomic mass is 10.4. The summed E-state index contributed by atoms with van der Waals surface area (Å²) < 4.78 is 10.9. The Morgan fingerprint density at radius 1 is 1.24 bits per heavy atom. The first-order valence-electron chi connectivity index (χ1n) is 6.45. The Kier molecular flexibility index (Phi) is 6.89. The van der Waals surface area contributed by atoms with Crippen molar-refractivity contribution in [2.75, 3.05) is 19.8 Å². The molecule has 0 atom stereocenters. The van der Waals surface area contributed by atoms with Crippen LogP contribution in [-0.4, -0.2) is 24.7 Å². The summed E-state index contributed by atoms with van der Waals surface area (Å²) in [5, 5.41) is 3.30. The summed E-state index contributed by atoms with van der Waals surface area (Å²) in [4.78, 5) is 4.31. The van der Waals surface area contributed by atoms with Crippen LogP contribution in [0.25, 0.3) is 0 Å². The van der Waals surface area contributed by atoms with Crippen molar-refractivity contribution in [3.63, 3.8) is 0 Å². The summed E-state index contributed by atoms with van der Waals surface area (Å²) >= 11 is 0. The molecule has 17 heavy (non-hydrogen) atoms. The van der Waals surface area contributed by atoms with Crippen LogP contribution >= 0.6 is 0 Å². The number of aryl methyl sites for hydroxylation is 2. The molecule has 4 nitrogen and oxygen atoms in total. The molecule has 98 valence electrons. The Balaban J connectivity index is 1.97. The molecular formula is C13H24N2O2. The molecule has 1 rings (SSSR count). The number of nitrogens with one attached hydrogen (secondary N) is 1. The summed E-state index contributed by atoms with van der Waals surface area (Å²) in [6.45, 7) is 9.42. The van der Waals surface area contributed by atoms with E-state index in [4.69, 9.17) is 9.15 Å². The molecule has 1 aromatic heterocycles. The molecule has 0 bridgehead atoms. The minimum absolute atomic E-state index is 0.698. The van der Waals surface area contributed by atoms with Crippen molar-refractivity contribution in [3.8, 4) is 0 Å². The number of oxazole rings is 1. The van der Waals surface area contributed by atoms with Gasteiger partial charge in [0.2, 0.25) is 5.89 Å². The standard InChI is InChI=1S/C13H24N2O2/c1-4-5-8-16-9-6-7-14-10-13-15-11(2)12(3)17-13/h14H,4-10H2,1-3H3. The molecule has 0 spiro atoms. The molecule has 0 unspecified atom stereocenters. The largest absolute Gasteiger partial charge is 0.444 e. The van der Waals surface area contributed by atoms with Gasteiger partial charge in [0.15, 0.2) is 0 Å². The van der Waals surface area contributed by atoms with Crippen LogP contribution in [0.15, 0.2) is 4.42 Å². The maximum absolute atomic E-state index is 5.47. The fourth-order valence-corrected chi connectivity index (χ4v) is 1.46. The van der Waals surface area contributed by atoms with Gasteiger partial charge < -0.3 is 14.5 Å². The van der Waals surface area contributed by atoms with E-state index in [1.54, 1.807) is 0 Å². The van der Waals surface area contributed by atoms with Crippen LogP contribution in [0.1, 0.15) is 43.5 Å². The predicted molar refractivity (Wildman–Crippen MR) is 68.0 cm³/mol. The number of unbranched alkanes of at least 4 members (excludes halogenated alkanes) is 1. The SMILES string of the molecule is CCCCOCCCNCc1nc(C)c(C)o1. The molecule has 4 heteroatoms. The summed E-state index contributed by atoms with van der Waals surface area (Å²) in [6, 6.07) is 0. The third kappa shape index (κ3) is 5.84. The Hall–Kier alpha value is -0.870. The zero-order valence-electron chi connectivity index (χ0n) is 11.2. The highest BCUT2D eigenvalue weighted by molar-refractivity contribution is 5.04. The fraction of sp³-hybridized carbons (Fsp3) is 0.769. The molecule has 0 aliphatic carbocycles. The van der Waals surface area contributed by atoms with E-state index in [9.17, 15) is 0 Å². The second-order valence-corrected chi connectivity index (χ2v) is 4.25. The third-order valence-corrected chi connectivity index (χ3v) is 2.63. The maximum Gasteiger partial charge on any atom is 0.208 e. The summed E-state index contributed by atoms with van der Waals surface area (Å²) in [5.74, 6) is 1.68. The van der Waals surface area contributed by atoms with Crippen LogP contribution in [0.5, 0.6) is 0 Å². The molecule has 0 aliphatic heterocycles. The normalized spacial score (nSPS) is 11.0. The lowest BCUT2D eigenvalue weighted by Crippen LogP contribution is -2.16. The minimum atomic E-state index is 0.698. The first kappa shape index (κ1) is 14.2. The Morgan fingerprint density at radius 3 is 2.65 bits per heavy atom. The van der Waals surface area contributed by atoms with Gasteiger partial charge in [-0.25, -0.2) is 4.98 Å². The van der Waals surface area contributed by atoms with E-state index >= 15 is 0 Å². The summed E-state index contributed by atoms with van der Waals surface area (Å²) in [7, 11) is 0. The first-order valence-corrected chi connectivity index (χ1v) is 6.45. The van der Waals surface area contributed by atoms with E-state index < -0.39 is 0 Å². The zero-order valence-corrected chi connectivity index (χ0v) is 11.2. The van der Waals surface area contributed by atoms with Crippen LogP contribution in [0.2, 0.25) is 0 Å². The van der Waals surface area contributed by atoms with Gasteiger partial charge >= 0.3 is 0 Å². The summed E-state index contributed by atoms with van der Waals surface area (Å²) in [6.07, 6.45) is 3.38. The average Bonchev–Trinajstić information content (AvgIpc) is 2.62. The number of nitrogens with zero attached hydrogens (tertiary/aromatic N) is 1. The molecule has 0 radical (unpaired) electrons. The molecular weight excluding hydrogens is 216 g/mol. The third-order valence-electron chi connectivity index (χ3n) is 2.63. The van der Waals surface area contributed by atoms with E-state index in [-0.39, 0.29) is 0 Å². The van der Waals surface area contributed by atoms with Crippen molar-refractivity contribution in [3.05, 3.63) is 17.3 Å². The first-order chi connectivity index (χ1) is 8.24. The van der Waals surface area contributed by atoms with E-state index in [2.05, 4.69) is 17.2 Å². The Bertz CT molecular complexity index is 291. The molecule has 0 saturated heterocycles. The lowest BCUT2D eigenvalue weighted by Gasteiger charge is -2.03. The van der Waals surface area contributed by atoms with E-state index in [1.165, 1.54) is 6.42 Å². The highest BCUT2D eigenvalue weighted by Crippen LogP contribution is 2.07. The predicted octanol–water partition coefficient (Wildman–Crippen LogP) is 2.59.